The van der Waals surface area contributed by atoms with Gasteiger partial charge in [-0.15, -0.1) is 11.8 Å². The summed E-state index contributed by atoms with van der Waals surface area (Å²) in [6.07, 6.45) is 5.07. The van der Waals surface area contributed by atoms with Gasteiger partial charge >= 0.3 is 0 Å². The maximum Gasteiger partial charge on any atom is 0.0900 e. The molecule has 1 aliphatic carbocycles. The fourth-order valence-electron chi connectivity index (χ4n) is 3.63. The Kier molecular flexibility index (Phi) is 7.15. The van der Waals surface area contributed by atoms with E-state index < -0.39 is 6.10 Å². The highest BCUT2D eigenvalue weighted by molar-refractivity contribution is 7.98. The Bertz CT molecular complexity index is 689. The first kappa shape index (κ1) is 19.4. The zero-order valence-electron chi connectivity index (χ0n) is 15.7. The number of hydrogen-bond acceptors (Lipinski definition) is 4. The molecule has 0 saturated carbocycles. The van der Waals surface area contributed by atoms with Crippen LogP contribution < -0.4 is 0 Å². The van der Waals surface area contributed by atoms with Crippen molar-refractivity contribution in [3.63, 3.8) is 0 Å². The molecule has 2 aromatic rings. The third kappa shape index (κ3) is 5.34. The Morgan fingerprint density at radius 3 is 2.73 bits per heavy atom. The molecular formula is C22H29NO2S. The van der Waals surface area contributed by atoms with Gasteiger partial charge in [-0.2, -0.15) is 0 Å². The molecular weight excluding hydrogens is 342 g/mol. The highest BCUT2D eigenvalue weighted by Crippen LogP contribution is 2.32. The van der Waals surface area contributed by atoms with Crippen LogP contribution in [0.15, 0.2) is 53.4 Å². The highest BCUT2D eigenvalue weighted by atomic mass is 32.2. The fourth-order valence-corrected chi connectivity index (χ4v) is 4.04. The van der Waals surface area contributed by atoms with E-state index in [1.165, 1.54) is 21.6 Å². The lowest BCUT2D eigenvalue weighted by molar-refractivity contribution is -0.0265. The van der Waals surface area contributed by atoms with Gasteiger partial charge in [0.15, 0.2) is 0 Å². The standard InChI is InChI=1S/C22H29NO2S/c1-23(14-17-10-12-20(26-2)13-11-17)15-19(24)16-25-22-9-5-7-18-6-3-4-8-21(18)22/h3-4,6,8,10-13,19,22,24H,5,7,9,14-16H2,1-2H3/t19-,22-/m1/s1. The normalized spacial score (nSPS) is 17.9. The summed E-state index contributed by atoms with van der Waals surface area (Å²) in [6.45, 7) is 1.82. The van der Waals surface area contributed by atoms with Gasteiger partial charge in [0, 0.05) is 18.0 Å². The van der Waals surface area contributed by atoms with Crippen LogP contribution in [0.3, 0.4) is 0 Å². The number of aliphatic hydroxyl groups excluding tert-OH is 1. The molecule has 3 rings (SSSR count). The van der Waals surface area contributed by atoms with E-state index in [-0.39, 0.29) is 6.10 Å². The number of thioether (sulfide) groups is 1. The summed E-state index contributed by atoms with van der Waals surface area (Å²) in [5.41, 5.74) is 3.96. The number of aryl methyl sites for hydroxylation is 1. The number of rotatable bonds is 8. The molecule has 4 heteroatoms. The molecule has 140 valence electrons. The second-order valence-electron chi connectivity index (χ2n) is 7.11. The van der Waals surface area contributed by atoms with Gasteiger partial charge in [0.2, 0.25) is 0 Å². The number of benzene rings is 2. The van der Waals surface area contributed by atoms with Gasteiger partial charge in [-0.3, -0.25) is 4.90 Å². The van der Waals surface area contributed by atoms with Crippen molar-refractivity contribution in [1.29, 1.82) is 0 Å². The van der Waals surface area contributed by atoms with E-state index in [2.05, 4.69) is 59.7 Å². The van der Waals surface area contributed by atoms with Crippen molar-refractivity contribution in [2.75, 3.05) is 26.5 Å². The van der Waals surface area contributed by atoms with Crippen molar-refractivity contribution in [3.05, 3.63) is 65.2 Å². The van der Waals surface area contributed by atoms with Gasteiger partial charge in [0.25, 0.3) is 0 Å². The predicted octanol–water partition coefficient (Wildman–Crippen LogP) is 4.30. The van der Waals surface area contributed by atoms with Crippen LogP contribution in [-0.4, -0.2) is 42.6 Å². The first-order valence-electron chi connectivity index (χ1n) is 9.34. The molecule has 0 aromatic heterocycles. The average Bonchev–Trinajstić information content (AvgIpc) is 2.67. The summed E-state index contributed by atoms with van der Waals surface area (Å²) < 4.78 is 6.07. The Balaban J connectivity index is 1.46. The van der Waals surface area contributed by atoms with E-state index in [0.717, 1.165) is 25.8 Å². The molecule has 2 atom stereocenters. The van der Waals surface area contributed by atoms with Crippen LogP contribution in [0.2, 0.25) is 0 Å². The third-order valence-corrected chi connectivity index (χ3v) is 5.68. The Hall–Kier alpha value is -1.33. The number of fused-ring (bicyclic) bond motifs is 1. The summed E-state index contributed by atoms with van der Waals surface area (Å²) >= 11 is 1.75. The second kappa shape index (κ2) is 9.56. The molecule has 0 unspecified atom stereocenters. The average molecular weight is 372 g/mol. The SMILES string of the molecule is CSc1ccc(CN(C)C[C@@H](O)CO[C@@H]2CCCc3ccccc32)cc1. The van der Waals surface area contributed by atoms with Crippen LogP contribution in [0.25, 0.3) is 0 Å². The molecule has 0 spiro atoms. The van der Waals surface area contributed by atoms with E-state index in [4.69, 9.17) is 4.74 Å². The van der Waals surface area contributed by atoms with Crippen molar-refractivity contribution < 1.29 is 9.84 Å². The van der Waals surface area contributed by atoms with Crippen molar-refractivity contribution in [2.45, 2.75) is 42.9 Å². The number of likely N-dealkylation sites (N-methyl/N-ethyl adjacent to an activating group) is 1. The molecule has 0 radical (unpaired) electrons. The van der Waals surface area contributed by atoms with E-state index >= 15 is 0 Å². The highest BCUT2D eigenvalue weighted by Gasteiger charge is 2.21. The lowest BCUT2D eigenvalue weighted by Crippen LogP contribution is -2.32. The van der Waals surface area contributed by atoms with E-state index in [1.54, 1.807) is 11.8 Å². The smallest absolute Gasteiger partial charge is 0.0900 e. The van der Waals surface area contributed by atoms with Crippen LogP contribution in [0.1, 0.15) is 35.6 Å². The van der Waals surface area contributed by atoms with Crippen LogP contribution in [0.5, 0.6) is 0 Å². The third-order valence-electron chi connectivity index (χ3n) is 4.94. The number of aliphatic hydroxyl groups is 1. The molecule has 2 aromatic carbocycles. The van der Waals surface area contributed by atoms with Crippen molar-refractivity contribution in [3.8, 4) is 0 Å². The summed E-state index contributed by atoms with van der Waals surface area (Å²) in [7, 11) is 2.04. The van der Waals surface area contributed by atoms with Gasteiger partial charge in [-0.05, 0) is 61.4 Å². The van der Waals surface area contributed by atoms with Gasteiger partial charge in [0.1, 0.15) is 0 Å². The maximum absolute atomic E-state index is 10.4. The molecule has 0 fully saturated rings. The molecule has 0 bridgehead atoms. The monoisotopic (exact) mass is 371 g/mol. The van der Waals surface area contributed by atoms with Crippen molar-refractivity contribution in [1.82, 2.24) is 4.90 Å². The zero-order valence-corrected chi connectivity index (χ0v) is 16.5. The van der Waals surface area contributed by atoms with Gasteiger partial charge in [0.05, 0.1) is 18.8 Å². The first-order chi connectivity index (χ1) is 12.7. The van der Waals surface area contributed by atoms with Crippen LogP contribution >= 0.6 is 11.8 Å². The molecule has 1 aliphatic rings. The first-order valence-corrected chi connectivity index (χ1v) is 10.6. The zero-order chi connectivity index (χ0) is 18.4. The van der Waals surface area contributed by atoms with Gasteiger partial charge < -0.3 is 9.84 Å². The molecule has 26 heavy (non-hydrogen) atoms. The summed E-state index contributed by atoms with van der Waals surface area (Å²) in [6, 6.07) is 17.1. The Morgan fingerprint density at radius 2 is 1.96 bits per heavy atom. The van der Waals surface area contributed by atoms with Crippen LogP contribution in [0, 0.1) is 0 Å². The Labute approximate surface area is 161 Å². The predicted molar refractivity (Wildman–Crippen MR) is 109 cm³/mol. The molecule has 1 N–H and O–H groups in total. The quantitative estimate of drug-likeness (QED) is 0.702. The minimum Gasteiger partial charge on any atom is -0.389 e. The summed E-state index contributed by atoms with van der Waals surface area (Å²) in [5.74, 6) is 0. The maximum atomic E-state index is 10.4. The van der Waals surface area contributed by atoms with Crippen LogP contribution in [-0.2, 0) is 17.7 Å². The number of nitrogens with zero attached hydrogens (tertiary/aromatic N) is 1. The largest absolute Gasteiger partial charge is 0.389 e. The van der Waals surface area contributed by atoms with Crippen molar-refractivity contribution >= 4 is 11.8 Å². The summed E-state index contributed by atoms with van der Waals surface area (Å²) in [5, 5.41) is 10.4. The topological polar surface area (TPSA) is 32.7 Å². The fraction of sp³-hybridized carbons (Fsp3) is 0.455. The molecule has 3 nitrogen and oxygen atoms in total. The Morgan fingerprint density at radius 1 is 1.19 bits per heavy atom. The number of ether oxygens (including phenoxy) is 1. The minimum absolute atomic E-state index is 0.124. The second-order valence-corrected chi connectivity index (χ2v) is 7.99. The summed E-state index contributed by atoms with van der Waals surface area (Å²) in [4.78, 5) is 3.43. The van der Waals surface area contributed by atoms with Crippen LogP contribution in [0.4, 0.5) is 0 Å². The number of hydrogen-bond donors (Lipinski definition) is 1. The van der Waals surface area contributed by atoms with E-state index in [9.17, 15) is 5.11 Å². The minimum atomic E-state index is -0.473. The van der Waals surface area contributed by atoms with E-state index in [0.29, 0.717) is 13.2 Å². The van der Waals surface area contributed by atoms with Gasteiger partial charge in [-0.1, -0.05) is 36.4 Å². The molecule has 0 amide bonds. The lowest BCUT2D eigenvalue weighted by atomic mass is 9.89. The van der Waals surface area contributed by atoms with Crippen molar-refractivity contribution in [2.24, 2.45) is 0 Å². The van der Waals surface area contributed by atoms with E-state index in [1.807, 2.05) is 7.05 Å². The molecule has 0 heterocycles. The molecule has 0 saturated heterocycles. The molecule has 0 aliphatic heterocycles. The lowest BCUT2D eigenvalue weighted by Gasteiger charge is -2.27. The van der Waals surface area contributed by atoms with Gasteiger partial charge in [-0.25, -0.2) is 0 Å².